The summed E-state index contributed by atoms with van der Waals surface area (Å²) in [7, 11) is 0. The van der Waals surface area contributed by atoms with Crippen molar-refractivity contribution in [2.75, 3.05) is 11.4 Å². The molecule has 7 heteroatoms. The summed E-state index contributed by atoms with van der Waals surface area (Å²) in [6, 6.07) is 17.0. The number of para-hydroxylation sites is 1. The van der Waals surface area contributed by atoms with E-state index < -0.39 is 0 Å². The van der Waals surface area contributed by atoms with Gasteiger partial charge in [-0.1, -0.05) is 42.5 Å². The number of amides is 1. The molecule has 0 atom stereocenters. The average molecular weight is 473 g/mol. The van der Waals surface area contributed by atoms with Crippen molar-refractivity contribution in [3.8, 4) is 0 Å². The Bertz CT molecular complexity index is 1400. The molecule has 0 spiro atoms. The summed E-state index contributed by atoms with van der Waals surface area (Å²) in [4.78, 5) is 36.4. The molecule has 0 aliphatic carbocycles. The lowest BCUT2D eigenvalue weighted by molar-refractivity contribution is -0.121. The number of anilines is 1. The van der Waals surface area contributed by atoms with Crippen molar-refractivity contribution in [1.82, 2.24) is 15.3 Å². The Morgan fingerprint density at radius 1 is 1.12 bits per heavy atom. The number of rotatable bonds is 7. The molecule has 3 heterocycles. The van der Waals surface area contributed by atoms with Crippen LogP contribution in [-0.4, -0.2) is 22.4 Å². The van der Waals surface area contributed by atoms with Crippen molar-refractivity contribution in [3.05, 3.63) is 91.8 Å². The third-order valence-electron chi connectivity index (χ3n) is 6.55. The first kappa shape index (κ1) is 22.3. The van der Waals surface area contributed by atoms with Gasteiger partial charge in [0.25, 0.3) is 5.56 Å². The first-order valence-electron chi connectivity index (χ1n) is 11.6. The Hall–Kier alpha value is -3.45. The molecule has 2 aromatic carbocycles. The van der Waals surface area contributed by atoms with Crippen molar-refractivity contribution in [1.29, 1.82) is 0 Å². The third kappa shape index (κ3) is 4.61. The van der Waals surface area contributed by atoms with Crippen molar-refractivity contribution in [2.45, 2.75) is 46.2 Å². The van der Waals surface area contributed by atoms with Crippen molar-refractivity contribution < 1.29 is 4.79 Å². The summed E-state index contributed by atoms with van der Waals surface area (Å²) in [6.45, 7) is 6.36. The predicted octanol–water partition coefficient (Wildman–Crippen LogP) is 4.41. The zero-order valence-electron chi connectivity index (χ0n) is 19.5. The van der Waals surface area contributed by atoms with Gasteiger partial charge in [0.1, 0.15) is 10.7 Å². The number of nitrogens with one attached hydrogen (secondary N) is 2. The second-order valence-electron chi connectivity index (χ2n) is 8.87. The first-order chi connectivity index (χ1) is 16.5. The number of aromatic nitrogens is 2. The van der Waals surface area contributed by atoms with Gasteiger partial charge in [-0.25, -0.2) is 4.98 Å². The van der Waals surface area contributed by atoms with E-state index in [9.17, 15) is 9.59 Å². The molecule has 0 fully saturated rings. The van der Waals surface area contributed by atoms with Gasteiger partial charge in [0, 0.05) is 43.0 Å². The van der Waals surface area contributed by atoms with Gasteiger partial charge in [-0.3, -0.25) is 9.59 Å². The molecule has 1 amide bonds. The van der Waals surface area contributed by atoms with Crippen LogP contribution in [0.25, 0.3) is 10.2 Å². The number of aryl methyl sites for hydroxylation is 3. The summed E-state index contributed by atoms with van der Waals surface area (Å²) >= 11 is 1.52. The number of carbonyl (C=O) groups excluding carboxylic acids is 1. The van der Waals surface area contributed by atoms with Gasteiger partial charge in [0.15, 0.2) is 0 Å². The predicted molar refractivity (Wildman–Crippen MR) is 138 cm³/mol. The number of hydrogen-bond donors (Lipinski definition) is 2. The van der Waals surface area contributed by atoms with Gasteiger partial charge in [0.05, 0.1) is 5.39 Å². The van der Waals surface area contributed by atoms with Gasteiger partial charge in [-0.2, -0.15) is 0 Å². The molecule has 4 aromatic rings. The maximum atomic E-state index is 12.4. The van der Waals surface area contributed by atoms with Crippen molar-refractivity contribution in [3.63, 3.8) is 0 Å². The summed E-state index contributed by atoms with van der Waals surface area (Å²) in [5.74, 6) is 0.501. The first-order valence-corrected chi connectivity index (χ1v) is 12.5. The van der Waals surface area contributed by atoms with E-state index in [-0.39, 0.29) is 17.9 Å². The van der Waals surface area contributed by atoms with Gasteiger partial charge in [-0.15, -0.1) is 11.3 Å². The van der Waals surface area contributed by atoms with E-state index in [4.69, 9.17) is 0 Å². The second kappa shape index (κ2) is 9.43. The minimum Gasteiger partial charge on any atom is -0.367 e. The van der Waals surface area contributed by atoms with E-state index in [0.717, 1.165) is 40.3 Å². The fourth-order valence-electron chi connectivity index (χ4n) is 4.49. The zero-order valence-corrected chi connectivity index (χ0v) is 20.3. The Kier molecular flexibility index (Phi) is 6.20. The van der Waals surface area contributed by atoms with Crippen LogP contribution in [-0.2, 0) is 30.7 Å². The number of nitrogens with zero attached hydrogens (tertiary/aromatic N) is 2. The van der Waals surface area contributed by atoms with Crippen LogP contribution in [0.15, 0.2) is 53.3 Å². The maximum Gasteiger partial charge on any atom is 0.259 e. The third-order valence-corrected chi connectivity index (χ3v) is 7.65. The van der Waals surface area contributed by atoms with E-state index in [1.807, 2.05) is 13.8 Å². The summed E-state index contributed by atoms with van der Waals surface area (Å²) in [6.07, 6.45) is 1.79. The van der Waals surface area contributed by atoms with Crippen LogP contribution in [0.2, 0.25) is 0 Å². The van der Waals surface area contributed by atoms with Crippen LogP contribution < -0.4 is 15.8 Å². The molecule has 0 saturated carbocycles. The highest BCUT2D eigenvalue weighted by Crippen LogP contribution is 2.29. The van der Waals surface area contributed by atoms with Gasteiger partial charge >= 0.3 is 0 Å². The van der Waals surface area contributed by atoms with Crippen LogP contribution in [0.3, 0.4) is 0 Å². The highest BCUT2D eigenvalue weighted by molar-refractivity contribution is 7.18. The highest BCUT2D eigenvalue weighted by atomic mass is 32.1. The number of benzene rings is 2. The molecule has 2 aromatic heterocycles. The molecule has 2 N–H and O–H groups in total. The lowest BCUT2D eigenvalue weighted by atomic mass is 10.1. The van der Waals surface area contributed by atoms with E-state index in [1.54, 1.807) is 0 Å². The van der Waals surface area contributed by atoms with Gasteiger partial charge in [0.2, 0.25) is 5.91 Å². The summed E-state index contributed by atoms with van der Waals surface area (Å²) in [5, 5.41) is 3.63. The van der Waals surface area contributed by atoms with E-state index in [0.29, 0.717) is 24.2 Å². The van der Waals surface area contributed by atoms with Gasteiger partial charge in [-0.05, 0) is 48.6 Å². The number of thiophene rings is 1. The van der Waals surface area contributed by atoms with Crippen LogP contribution >= 0.6 is 11.3 Å². The Morgan fingerprint density at radius 2 is 1.88 bits per heavy atom. The van der Waals surface area contributed by atoms with Crippen LogP contribution in [0.1, 0.15) is 39.4 Å². The summed E-state index contributed by atoms with van der Waals surface area (Å²) < 4.78 is 0. The lowest BCUT2D eigenvalue weighted by Gasteiger charge is -2.19. The quantitative estimate of drug-likeness (QED) is 0.418. The second-order valence-corrected chi connectivity index (χ2v) is 10.1. The molecule has 0 radical (unpaired) electrons. The molecule has 0 unspecified atom stereocenters. The number of fused-ring (bicyclic) bond motifs is 2. The Morgan fingerprint density at radius 3 is 2.71 bits per heavy atom. The Labute approximate surface area is 202 Å². The molecule has 34 heavy (non-hydrogen) atoms. The van der Waals surface area contributed by atoms with E-state index in [1.165, 1.54) is 28.2 Å². The smallest absolute Gasteiger partial charge is 0.259 e. The minimum absolute atomic E-state index is 0.0564. The minimum atomic E-state index is -0.125. The van der Waals surface area contributed by atoms with Crippen LogP contribution in [0.4, 0.5) is 5.69 Å². The molecule has 0 saturated heterocycles. The molecule has 5 rings (SSSR count). The molecular formula is C27H28N4O2S. The molecule has 1 aliphatic heterocycles. The highest BCUT2D eigenvalue weighted by Gasteiger charge is 2.18. The van der Waals surface area contributed by atoms with E-state index in [2.05, 4.69) is 68.7 Å². The normalized spacial score (nSPS) is 12.8. The van der Waals surface area contributed by atoms with Crippen LogP contribution in [0, 0.1) is 13.8 Å². The largest absolute Gasteiger partial charge is 0.367 e. The average Bonchev–Trinajstić information content (AvgIpc) is 3.37. The maximum absolute atomic E-state index is 12.4. The van der Waals surface area contributed by atoms with Crippen molar-refractivity contribution >= 4 is 33.1 Å². The van der Waals surface area contributed by atoms with E-state index >= 15 is 0 Å². The zero-order chi connectivity index (χ0) is 23.7. The summed E-state index contributed by atoms with van der Waals surface area (Å²) in [5.41, 5.74) is 5.93. The SMILES string of the molecule is Cc1sc2nc(CCC(=O)NCc3ccc(CN4CCc5ccccc54)cc3)[nH]c(=O)c2c1C. The molecule has 174 valence electrons. The number of aromatic amines is 1. The molecule has 0 bridgehead atoms. The number of H-pyrrole nitrogens is 1. The fraction of sp³-hybridized carbons (Fsp3) is 0.296. The van der Waals surface area contributed by atoms with Crippen LogP contribution in [0.5, 0.6) is 0 Å². The fourth-order valence-corrected chi connectivity index (χ4v) is 5.54. The van der Waals surface area contributed by atoms with Crippen molar-refractivity contribution in [2.24, 2.45) is 0 Å². The standard InChI is InChI=1S/C27H28N4O2S/c1-17-18(2)34-27-25(17)26(33)29-23(30-27)11-12-24(32)28-15-19-7-9-20(10-8-19)16-31-14-13-21-5-3-4-6-22(21)31/h3-10H,11-16H2,1-2H3,(H,28,32)(H,29,30,33). The molecular weight excluding hydrogens is 444 g/mol. The Balaban J connectivity index is 1.13. The lowest BCUT2D eigenvalue weighted by Crippen LogP contribution is -2.24. The topological polar surface area (TPSA) is 78.1 Å². The monoisotopic (exact) mass is 472 g/mol. The molecule has 6 nitrogen and oxygen atoms in total. The number of hydrogen-bond acceptors (Lipinski definition) is 5. The molecule has 1 aliphatic rings. The van der Waals surface area contributed by atoms with Gasteiger partial charge < -0.3 is 15.2 Å². The number of carbonyl (C=O) groups is 1.